The number of hydrogen-bond donors (Lipinski definition) is 4. The molecule has 1 heterocycles. The molecule has 2 aliphatic rings. The van der Waals surface area contributed by atoms with Crippen LogP contribution in [0.2, 0.25) is 0 Å². The summed E-state index contributed by atoms with van der Waals surface area (Å²) in [5.41, 5.74) is 0.704. The summed E-state index contributed by atoms with van der Waals surface area (Å²) in [6, 6.07) is 14.3. The second-order valence-electron chi connectivity index (χ2n) is 13.2. The maximum atomic E-state index is 13.6. The van der Waals surface area contributed by atoms with Crippen LogP contribution in [-0.4, -0.2) is 75.8 Å². The molecule has 1 aliphatic heterocycles. The zero-order valence-corrected chi connectivity index (χ0v) is 27.0. The van der Waals surface area contributed by atoms with E-state index < -0.39 is 24.3 Å². The number of aliphatic hydroxyl groups excluding tert-OH is 2. The molecule has 8 nitrogen and oxygen atoms in total. The lowest BCUT2D eigenvalue weighted by Crippen LogP contribution is -2.62. The third-order valence-corrected chi connectivity index (χ3v) is 9.78. The molecular weight excluding hydrogens is 562 g/mol. The summed E-state index contributed by atoms with van der Waals surface area (Å²) >= 11 is 1.58. The monoisotopic (exact) mass is 611 g/mol. The second-order valence-corrected chi connectivity index (χ2v) is 14.3. The maximum Gasteiger partial charge on any atom is 0.308 e. The Morgan fingerprint density at radius 2 is 1.74 bits per heavy atom. The van der Waals surface area contributed by atoms with E-state index >= 15 is 0 Å². The minimum Gasteiger partial charge on any atom is -0.426 e. The zero-order valence-electron chi connectivity index (χ0n) is 26.2. The minimum absolute atomic E-state index is 0.131. The highest BCUT2D eigenvalue weighted by Crippen LogP contribution is 2.39. The molecule has 0 radical (unpaired) electrons. The second kappa shape index (κ2) is 15.0. The number of benzene rings is 2. The Morgan fingerprint density at radius 3 is 2.42 bits per heavy atom. The molecule has 0 aromatic heterocycles. The molecule has 4 rings (SSSR count). The van der Waals surface area contributed by atoms with E-state index in [0.29, 0.717) is 41.0 Å². The van der Waals surface area contributed by atoms with Gasteiger partial charge in [0.2, 0.25) is 0 Å². The number of carbonyl (C=O) groups is 2. The number of β-amino-alcohol motifs (C(OH)–C–C–N with tert-alkyl or cyclic N) is 1. The number of amides is 1. The van der Waals surface area contributed by atoms with Gasteiger partial charge in [-0.2, -0.15) is 0 Å². The van der Waals surface area contributed by atoms with E-state index in [0.717, 1.165) is 17.9 Å². The summed E-state index contributed by atoms with van der Waals surface area (Å²) in [4.78, 5) is 28.5. The predicted molar refractivity (Wildman–Crippen MR) is 171 cm³/mol. The van der Waals surface area contributed by atoms with Gasteiger partial charge in [-0.15, -0.1) is 11.8 Å². The molecule has 9 heteroatoms. The molecule has 2 aromatic carbocycles. The van der Waals surface area contributed by atoms with Gasteiger partial charge in [0.05, 0.1) is 12.1 Å². The highest BCUT2D eigenvalue weighted by atomic mass is 32.2. The Labute approximate surface area is 261 Å². The van der Waals surface area contributed by atoms with Gasteiger partial charge in [-0.25, -0.2) is 0 Å². The average molecular weight is 612 g/mol. The van der Waals surface area contributed by atoms with E-state index in [1.54, 1.807) is 36.9 Å². The topological polar surface area (TPSA) is 111 Å². The Bertz CT molecular complexity index is 1220. The lowest BCUT2D eigenvalue weighted by atomic mass is 9.72. The molecular formula is C34H49N3O5S. The van der Waals surface area contributed by atoms with Crippen LogP contribution in [0.5, 0.6) is 5.75 Å². The summed E-state index contributed by atoms with van der Waals surface area (Å²) in [6.45, 7) is 10.4. The number of aliphatic hydroxyl groups is 2. The van der Waals surface area contributed by atoms with Crippen molar-refractivity contribution < 1.29 is 24.5 Å². The Kier molecular flexibility index (Phi) is 11.7. The van der Waals surface area contributed by atoms with E-state index in [4.69, 9.17) is 4.74 Å². The van der Waals surface area contributed by atoms with Crippen LogP contribution in [0.4, 0.5) is 0 Å². The van der Waals surface area contributed by atoms with Crippen LogP contribution in [0.3, 0.4) is 0 Å². The third kappa shape index (κ3) is 9.53. The molecule has 43 heavy (non-hydrogen) atoms. The summed E-state index contributed by atoms with van der Waals surface area (Å²) in [6.07, 6.45) is 4.12. The first-order chi connectivity index (χ1) is 20.4. The largest absolute Gasteiger partial charge is 0.426 e. The van der Waals surface area contributed by atoms with E-state index in [1.165, 1.54) is 32.6 Å². The van der Waals surface area contributed by atoms with E-state index in [-0.39, 0.29) is 17.5 Å². The molecule has 1 saturated carbocycles. The molecule has 4 N–H and O–H groups in total. The standard InChI is InChI=1S/C34H49N3O5S/c1-22-27(16-11-17-31(22)42-23(2)38)32(40)35-28(21-43-26-14-7-6-8-15-26)30(39)20-37-19-25-13-10-9-12-24(25)18-29(37)33(41)36-34(3,4)5/h6-8,11,14-17,24-25,28-30,33,36,39,41H,9-10,12-13,18-21H2,1-5H3,(H,35,40)/t24?,25?,28-,29-,30?,33?/m0/s1. The number of carbonyl (C=O) groups excluding carboxylic acids is 2. The van der Waals surface area contributed by atoms with Gasteiger partial charge in [0.1, 0.15) is 12.0 Å². The summed E-state index contributed by atoms with van der Waals surface area (Å²) in [7, 11) is 0. The van der Waals surface area contributed by atoms with Gasteiger partial charge in [-0.05, 0) is 76.6 Å². The van der Waals surface area contributed by atoms with Gasteiger partial charge < -0.3 is 20.3 Å². The van der Waals surface area contributed by atoms with Crippen LogP contribution in [0.1, 0.15) is 75.7 Å². The summed E-state index contributed by atoms with van der Waals surface area (Å²) in [5.74, 6) is 1.16. The van der Waals surface area contributed by atoms with Crippen molar-refractivity contribution >= 4 is 23.6 Å². The smallest absolute Gasteiger partial charge is 0.308 e. The molecule has 236 valence electrons. The Hall–Kier alpha value is -2.43. The number of esters is 1. The molecule has 0 spiro atoms. The van der Waals surface area contributed by atoms with Gasteiger partial charge in [-0.3, -0.25) is 19.8 Å². The predicted octanol–water partition coefficient (Wildman–Crippen LogP) is 4.76. The zero-order chi connectivity index (χ0) is 31.1. The van der Waals surface area contributed by atoms with Crippen molar-refractivity contribution in [2.45, 2.75) is 102 Å². The molecule has 0 bridgehead atoms. The fourth-order valence-electron chi connectivity index (χ4n) is 6.50. The molecule has 1 aliphatic carbocycles. The first kappa shape index (κ1) is 33.5. The minimum atomic E-state index is -0.874. The van der Waals surface area contributed by atoms with Crippen LogP contribution >= 0.6 is 11.8 Å². The van der Waals surface area contributed by atoms with Crippen molar-refractivity contribution in [1.29, 1.82) is 0 Å². The van der Waals surface area contributed by atoms with Gasteiger partial charge in [0.15, 0.2) is 0 Å². The summed E-state index contributed by atoms with van der Waals surface area (Å²) < 4.78 is 5.30. The molecule has 1 saturated heterocycles. The molecule has 2 fully saturated rings. The van der Waals surface area contributed by atoms with Crippen LogP contribution in [0.15, 0.2) is 53.4 Å². The number of thioether (sulfide) groups is 1. The van der Waals surface area contributed by atoms with Crippen LogP contribution in [-0.2, 0) is 4.79 Å². The number of likely N-dealkylation sites (tertiary alicyclic amines) is 1. The third-order valence-electron chi connectivity index (χ3n) is 8.65. The van der Waals surface area contributed by atoms with Crippen molar-refractivity contribution in [2.24, 2.45) is 11.8 Å². The Morgan fingerprint density at radius 1 is 1.05 bits per heavy atom. The quantitative estimate of drug-likeness (QED) is 0.125. The van der Waals surface area contributed by atoms with Crippen LogP contribution in [0, 0.1) is 18.8 Å². The lowest BCUT2D eigenvalue weighted by molar-refractivity contribution is -0.131. The van der Waals surface area contributed by atoms with Crippen molar-refractivity contribution in [3.8, 4) is 5.75 Å². The number of hydrogen-bond acceptors (Lipinski definition) is 8. The Balaban J connectivity index is 1.55. The van der Waals surface area contributed by atoms with E-state index in [9.17, 15) is 19.8 Å². The number of ether oxygens (including phenoxy) is 1. The van der Waals surface area contributed by atoms with Crippen molar-refractivity contribution in [2.75, 3.05) is 18.8 Å². The van der Waals surface area contributed by atoms with Gasteiger partial charge in [0.25, 0.3) is 5.91 Å². The number of rotatable bonds is 11. The van der Waals surface area contributed by atoms with Crippen molar-refractivity contribution in [3.63, 3.8) is 0 Å². The molecule has 1 amide bonds. The van der Waals surface area contributed by atoms with Gasteiger partial charge in [0, 0.05) is 53.4 Å². The number of nitrogens with one attached hydrogen (secondary N) is 2. The van der Waals surface area contributed by atoms with E-state index in [1.807, 2.05) is 51.1 Å². The lowest BCUT2D eigenvalue weighted by Gasteiger charge is -2.49. The first-order valence-corrected chi connectivity index (χ1v) is 16.5. The van der Waals surface area contributed by atoms with Crippen LogP contribution in [0.25, 0.3) is 0 Å². The molecule has 4 unspecified atom stereocenters. The van der Waals surface area contributed by atoms with Crippen LogP contribution < -0.4 is 15.4 Å². The SMILES string of the molecule is CC(=O)Oc1cccc(C(=O)N[C@@H](CSc2ccccc2)C(O)CN2CC3CCCCC3C[C@H]2C(O)NC(C)(C)C)c1C. The highest BCUT2D eigenvalue weighted by molar-refractivity contribution is 7.99. The van der Waals surface area contributed by atoms with Crippen molar-refractivity contribution in [3.05, 3.63) is 59.7 Å². The van der Waals surface area contributed by atoms with E-state index in [2.05, 4.69) is 15.5 Å². The number of piperidine rings is 1. The fraction of sp³-hybridized carbons (Fsp3) is 0.588. The average Bonchev–Trinajstić information content (AvgIpc) is 2.95. The number of fused-ring (bicyclic) bond motifs is 1. The van der Waals surface area contributed by atoms with Crippen molar-refractivity contribution in [1.82, 2.24) is 15.5 Å². The maximum absolute atomic E-state index is 13.6. The molecule has 6 atom stereocenters. The highest BCUT2D eigenvalue weighted by Gasteiger charge is 2.41. The molecule has 2 aromatic rings. The number of nitrogens with zero attached hydrogens (tertiary/aromatic N) is 1. The van der Waals surface area contributed by atoms with Gasteiger partial charge in [-0.1, -0.05) is 43.5 Å². The first-order valence-electron chi connectivity index (χ1n) is 15.6. The summed E-state index contributed by atoms with van der Waals surface area (Å²) in [5, 5.41) is 29.6. The van der Waals surface area contributed by atoms with Gasteiger partial charge >= 0.3 is 5.97 Å². The fourth-order valence-corrected chi connectivity index (χ4v) is 7.53. The normalized spacial score (nSPS) is 23.1.